The normalized spacial score (nSPS) is 17.9. The number of hydrogen-bond donors (Lipinski definition) is 1. The first-order valence-electron chi connectivity index (χ1n) is 7.06. The van der Waals surface area contributed by atoms with Gasteiger partial charge in [0.25, 0.3) is 0 Å². The lowest BCUT2D eigenvalue weighted by Crippen LogP contribution is -2.29. The lowest BCUT2D eigenvalue weighted by Gasteiger charge is -2.31. The molecule has 19 heavy (non-hydrogen) atoms. The SMILES string of the molecule is CC(C)CC1(CNc2ncc(Cl)cc2F)CCCC1. The smallest absolute Gasteiger partial charge is 0.166 e. The van der Waals surface area contributed by atoms with E-state index in [1.54, 1.807) is 0 Å². The molecule has 0 aromatic carbocycles. The Balaban J connectivity index is 2.02. The van der Waals surface area contributed by atoms with Gasteiger partial charge in [0.1, 0.15) is 0 Å². The van der Waals surface area contributed by atoms with Crippen LogP contribution in [0.2, 0.25) is 5.02 Å². The lowest BCUT2D eigenvalue weighted by atomic mass is 9.78. The highest BCUT2D eigenvalue weighted by molar-refractivity contribution is 6.30. The zero-order valence-electron chi connectivity index (χ0n) is 11.7. The molecule has 0 amide bonds. The first-order chi connectivity index (χ1) is 9.01. The first-order valence-corrected chi connectivity index (χ1v) is 7.43. The predicted molar refractivity (Wildman–Crippen MR) is 78.1 cm³/mol. The van der Waals surface area contributed by atoms with E-state index in [0.29, 0.717) is 22.2 Å². The van der Waals surface area contributed by atoms with Gasteiger partial charge in [0.15, 0.2) is 11.6 Å². The highest BCUT2D eigenvalue weighted by Gasteiger charge is 2.34. The molecule has 2 nitrogen and oxygen atoms in total. The van der Waals surface area contributed by atoms with Crippen molar-refractivity contribution in [1.82, 2.24) is 4.98 Å². The van der Waals surface area contributed by atoms with Crippen molar-refractivity contribution in [3.63, 3.8) is 0 Å². The summed E-state index contributed by atoms with van der Waals surface area (Å²) in [6, 6.07) is 1.31. The maximum absolute atomic E-state index is 13.7. The minimum absolute atomic E-state index is 0.307. The van der Waals surface area contributed by atoms with Crippen LogP contribution in [0.5, 0.6) is 0 Å². The van der Waals surface area contributed by atoms with E-state index in [1.807, 2.05) is 0 Å². The van der Waals surface area contributed by atoms with Crippen molar-refractivity contribution in [2.45, 2.75) is 46.0 Å². The van der Waals surface area contributed by atoms with E-state index in [9.17, 15) is 4.39 Å². The van der Waals surface area contributed by atoms with E-state index in [2.05, 4.69) is 24.1 Å². The molecule has 1 aromatic rings. The molecule has 0 aliphatic heterocycles. The molecule has 0 radical (unpaired) electrons. The molecule has 1 N–H and O–H groups in total. The third-order valence-electron chi connectivity index (χ3n) is 3.94. The van der Waals surface area contributed by atoms with Crippen molar-refractivity contribution < 1.29 is 4.39 Å². The summed E-state index contributed by atoms with van der Waals surface area (Å²) in [7, 11) is 0. The van der Waals surface area contributed by atoms with Crippen LogP contribution in [-0.4, -0.2) is 11.5 Å². The Kier molecular flexibility index (Phi) is 4.67. The number of nitrogens with one attached hydrogen (secondary N) is 1. The van der Waals surface area contributed by atoms with Gasteiger partial charge in [-0.25, -0.2) is 9.37 Å². The van der Waals surface area contributed by atoms with Gasteiger partial charge in [-0.2, -0.15) is 0 Å². The predicted octanol–water partition coefficient (Wildman–Crippen LogP) is 4.89. The quantitative estimate of drug-likeness (QED) is 0.832. The molecule has 1 aliphatic rings. The van der Waals surface area contributed by atoms with Gasteiger partial charge < -0.3 is 5.32 Å². The largest absolute Gasteiger partial charge is 0.367 e. The van der Waals surface area contributed by atoms with Crippen molar-refractivity contribution in [1.29, 1.82) is 0 Å². The second-order valence-corrected chi connectivity index (χ2v) is 6.58. The molecule has 0 atom stereocenters. The number of nitrogens with zero attached hydrogens (tertiary/aromatic N) is 1. The maximum atomic E-state index is 13.7. The second kappa shape index (κ2) is 6.08. The Morgan fingerprint density at radius 1 is 1.42 bits per heavy atom. The number of aromatic nitrogens is 1. The van der Waals surface area contributed by atoms with E-state index in [4.69, 9.17) is 11.6 Å². The molecule has 0 spiro atoms. The Labute approximate surface area is 119 Å². The van der Waals surface area contributed by atoms with Crippen LogP contribution in [0, 0.1) is 17.2 Å². The number of rotatable bonds is 5. The number of anilines is 1. The van der Waals surface area contributed by atoms with Gasteiger partial charge in [0.2, 0.25) is 0 Å². The summed E-state index contributed by atoms with van der Waals surface area (Å²) in [6.07, 6.45) is 7.70. The van der Waals surface area contributed by atoms with Crippen LogP contribution >= 0.6 is 11.6 Å². The fourth-order valence-corrected chi connectivity index (χ4v) is 3.40. The number of pyridine rings is 1. The Morgan fingerprint density at radius 3 is 2.68 bits per heavy atom. The minimum atomic E-state index is -0.370. The summed E-state index contributed by atoms with van der Waals surface area (Å²) in [4.78, 5) is 4.03. The van der Waals surface area contributed by atoms with Gasteiger partial charge in [0.05, 0.1) is 5.02 Å². The molecule has 1 heterocycles. The Hall–Kier alpha value is -0.830. The average Bonchev–Trinajstić information content (AvgIpc) is 2.76. The zero-order valence-corrected chi connectivity index (χ0v) is 12.4. The van der Waals surface area contributed by atoms with Crippen LogP contribution in [0.25, 0.3) is 0 Å². The molecular formula is C15H22ClFN2. The second-order valence-electron chi connectivity index (χ2n) is 6.14. The van der Waals surface area contributed by atoms with Gasteiger partial charge in [-0.3, -0.25) is 0 Å². The molecule has 0 bridgehead atoms. The van der Waals surface area contributed by atoms with Gasteiger partial charge in [-0.1, -0.05) is 38.3 Å². The topological polar surface area (TPSA) is 24.9 Å². The molecular weight excluding hydrogens is 263 g/mol. The van der Waals surface area contributed by atoms with Crippen molar-refractivity contribution >= 4 is 17.4 Å². The summed E-state index contributed by atoms with van der Waals surface area (Å²) in [5.41, 5.74) is 0.307. The number of hydrogen-bond acceptors (Lipinski definition) is 2. The van der Waals surface area contributed by atoms with Crippen LogP contribution in [0.3, 0.4) is 0 Å². The van der Waals surface area contributed by atoms with Crippen LogP contribution in [0.15, 0.2) is 12.3 Å². The third kappa shape index (κ3) is 3.82. The first kappa shape index (κ1) is 14.6. The van der Waals surface area contributed by atoms with E-state index < -0.39 is 0 Å². The molecule has 2 rings (SSSR count). The van der Waals surface area contributed by atoms with Crippen LogP contribution in [0.1, 0.15) is 46.0 Å². The van der Waals surface area contributed by atoms with Crippen molar-refractivity contribution in [2.24, 2.45) is 11.3 Å². The van der Waals surface area contributed by atoms with E-state index in [-0.39, 0.29) is 5.82 Å². The maximum Gasteiger partial charge on any atom is 0.166 e. The van der Waals surface area contributed by atoms with E-state index in [1.165, 1.54) is 44.4 Å². The third-order valence-corrected chi connectivity index (χ3v) is 4.15. The summed E-state index contributed by atoms with van der Waals surface area (Å²) in [5, 5.41) is 3.52. The summed E-state index contributed by atoms with van der Waals surface area (Å²) in [6.45, 7) is 5.30. The zero-order chi connectivity index (χ0) is 13.9. The lowest BCUT2D eigenvalue weighted by molar-refractivity contribution is 0.252. The van der Waals surface area contributed by atoms with Gasteiger partial charge >= 0.3 is 0 Å². The molecule has 0 unspecified atom stereocenters. The fraction of sp³-hybridized carbons (Fsp3) is 0.667. The van der Waals surface area contributed by atoms with Gasteiger partial charge in [0, 0.05) is 12.7 Å². The van der Waals surface area contributed by atoms with Crippen LogP contribution in [-0.2, 0) is 0 Å². The standard InChI is InChI=1S/C15H22ClFN2/c1-11(2)8-15(5-3-4-6-15)10-19-14-13(17)7-12(16)9-18-14/h7,9,11H,3-6,8,10H2,1-2H3,(H,18,19). The highest BCUT2D eigenvalue weighted by atomic mass is 35.5. The highest BCUT2D eigenvalue weighted by Crippen LogP contribution is 2.43. The molecule has 106 valence electrons. The van der Waals surface area contributed by atoms with E-state index >= 15 is 0 Å². The minimum Gasteiger partial charge on any atom is -0.367 e. The van der Waals surface area contributed by atoms with Crippen molar-refractivity contribution in [2.75, 3.05) is 11.9 Å². The van der Waals surface area contributed by atoms with Crippen molar-refractivity contribution in [3.05, 3.63) is 23.1 Å². The molecule has 1 saturated carbocycles. The summed E-state index contributed by atoms with van der Waals surface area (Å²) >= 11 is 5.71. The Morgan fingerprint density at radius 2 is 2.11 bits per heavy atom. The van der Waals surface area contributed by atoms with Gasteiger partial charge in [-0.15, -0.1) is 0 Å². The molecule has 4 heteroatoms. The molecule has 0 saturated heterocycles. The fourth-order valence-electron chi connectivity index (χ4n) is 3.26. The molecule has 1 aliphatic carbocycles. The van der Waals surface area contributed by atoms with Gasteiger partial charge in [-0.05, 0) is 36.7 Å². The van der Waals surface area contributed by atoms with Crippen molar-refractivity contribution in [3.8, 4) is 0 Å². The average molecular weight is 285 g/mol. The molecule has 1 aromatic heterocycles. The number of halogens is 2. The Bertz CT molecular complexity index is 428. The van der Waals surface area contributed by atoms with Crippen LogP contribution in [0.4, 0.5) is 10.2 Å². The summed E-state index contributed by atoms with van der Waals surface area (Å²) in [5.74, 6) is 0.618. The monoisotopic (exact) mass is 284 g/mol. The molecule has 1 fully saturated rings. The van der Waals surface area contributed by atoms with E-state index in [0.717, 1.165) is 6.54 Å². The van der Waals surface area contributed by atoms with Crippen LogP contribution < -0.4 is 5.32 Å². The summed E-state index contributed by atoms with van der Waals surface area (Å²) < 4.78 is 13.7.